The van der Waals surface area contributed by atoms with Gasteiger partial charge in [0, 0.05) is 38.8 Å². The Hall–Kier alpha value is -0.810. The van der Waals surface area contributed by atoms with E-state index < -0.39 is 0 Å². The molecule has 1 aromatic rings. The Bertz CT molecular complexity index is 367. The lowest BCUT2D eigenvalue weighted by Crippen LogP contribution is -2.45. The molecule has 1 aliphatic heterocycles. The SMILES string of the molecule is CCOc1ccc([C@H](CCO)N2CCNCC2)cc1.Cl. The summed E-state index contributed by atoms with van der Waals surface area (Å²) in [6.45, 7) is 7.04. The number of hydrogen-bond donors (Lipinski definition) is 2. The number of ether oxygens (including phenoxy) is 1. The molecule has 0 bridgehead atoms. The normalized spacial score (nSPS) is 17.3. The molecule has 0 aromatic heterocycles. The van der Waals surface area contributed by atoms with E-state index in [0.29, 0.717) is 12.6 Å². The van der Waals surface area contributed by atoms with E-state index in [0.717, 1.165) is 38.3 Å². The molecule has 4 nitrogen and oxygen atoms in total. The average molecular weight is 301 g/mol. The van der Waals surface area contributed by atoms with Crippen molar-refractivity contribution in [2.45, 2.75) is 19.4 Å². The minimum atomic E-state index is 0. The number of hydrogen-bond acceptors (Lipinski definition) is 4. The van der Waals surface area contributed by atoms with Gasteiger partial charge in [0.15, 0.2) is 0 Å². The second-order valence-electron chi connectivity index (χ2n) is 4.82. The van der Waals surface area contributed by atoms with Crippen molar-refractivity contribution >= 4 is 12.4 Å². The third-order valence-electron chi connectivity index (χ3n) is 3.57. The van der Waals surface area contributed by atoms with Crippen molar-refractivity contribution in [2.75, 3.05) is 39.4 Å². The van der Waals surface area contributed by atoms with Crippen LogP contribution in [0.4, 0.5) is 0 Å². The first-order chi connectivity index (χ1) is 9.35. The van der Waals surface area contributed by atoms with Crippen LogP contribution in [0.25, 0.3) is 0 Å². The van der Waals surface area contributed by atoms with Gasteiger partial charge in [-0.1, -0.05) is 12.1 Å². The first kappa shape index (κ1) is 17.2. The molecule has 2 N–H and O–H groups in total. The van der Waals surface area contributed by atoms with E-state index in [4.69, 9.17) is 4.74 Å². The fourth-order valence-electron chi connectivity index (χ4n) is 2.63. The van der Waals surface area contributed by atoms with Crippen LogP contribution >= 0.6 is 12.4 Å². The lowest BCUT2D eigenvalue weighted by Gasteiger charge is -2.35. The van der Waals surface area contributed by atoms with Gasteiger partial charge in [-0.3, -0.25) is 4.90 Å². The second kappa shape index (κ2) is 9.19. The van der Waals surface area contributed by atoms with Gasteiger partial charge in [0.2, 0.25) is 0 Å². The molecule has 1 aromatic carbocycles. The maximum atomic E-state index is 9.30. The van der Waals surface area contributed by atoms with Crippen molar-refractivity contribution in [3.63, 3.8) is 0 Å². The third kappa shape index (κ3) is 4.63. The molecular weight excluding hydrogens is 276 g/mol. The topological polar surface area (TPSA) is 44.7 Å². The maximum Gasteiger partial charge on any atom is 0.119 e. The predicted molar refractivity (Wildman–Crippen MR) is 83.7 cm³/mol. The molecule has 1 atom stereocenters. The molecule has 1 heterocycles. The Morgan fingerprint density at radius 2 is 1.90 bits per heavy atom. The van der Waals surface area contributed by atoms with Gasteiger partial charge in [-0.2, -0.15) is 0 Å². The monoisotopic (exact) mass is 300 g/mol. The van der Waals surface area contributed by atoms with Crippen LogP contribution in [0.1, 0.15) is 24.9 Å². The summed E-state index contributed by atoms with van der Waals surface area (Å²) in [5.41, 5.74) is 1.26. The summed E-state index contributed by atoms with van der Waals surface area (Å²) in [7, 11) is 0. The van der Waals surface area contributed by atoms with Crippen LogP contribution in [0.3, 0.4) is 0 Å². The number of piperazine rings is 1. The summed E-state index contributed by atoms with van der Waals surface area (Å²) < 4.78 is 5.47. The van der Waals surface area contributed by atoms with E-state index in [1.807, 2.05) is 19.1 Å². The van der Waals surface area contributed by atoms with E-state index >= 15 is 0 Å². The van der Waals surface area contributed by atoms with Crippen LogP contribution in [0.15, 0.2) is 24.3 Å². The molecule has 1 fully saturated rings. The molecule has 114 valence electrons. The predicted octanol–water partition coefficient (Wildman–Crippen LogP) is 1.84. The molecule has 0 spiro atoms. The summed E-state index contributed by atoms with van der Waals surface area (Å²) >= 11 is 0. The first-order valence-corrected chi connectivity index (χ1v) is 7.13. The van der Waals surface area contributed by atoms with E-state index in [2.05, 4.69) is 22.3 Å². The van der Waals surface area contributed by atoms with Gasteiger partial charge >= 0.3 is 0 Å². The third-order valence-corrected chi connectivity index (χ3v) is 3.57. The number of benzene rings is 1. The van der Waals surface area contributed by atoms with Crippen molar-refractivity contribution in [3.8, 4) is 5.75 Å². The molecule has 5 heteroatoms. The van der Waals surface area contributed by atoms with E-state index in [1.54, 1.807) is 0 Å². The Kier molecular flexibility index (Phi) is 7.92. The van der Waals surface area contributed by atoms with Gasteiger partial charge in [0.05, 0.1) is 6.61 Å². The lowest BCUT2D eigenvalue weighted by atomic mass is 10.0. The number of nitrogens with zero attached hydrogens (tertiary/aromatic N) is 1. The van der Waals surface area contributed by atoms with Crippen molar-refractivity contribution in [1.29, 1.82) is 0 Å². The van der Waals surface area contributed by atoms with E-state index in [-0.39, 0.29) is 19.0 Å². The highest BCUT2D eigenvalue weighted by molar-refractivity contribution is 5.85. The van der Waals surface area contributed by atoms with Crippen molar-refractivity contribution < 1.29 is 9.84 Å². The van der Waals surface area contributed by atoms with Crippen molar-refractivity contribution in [3.05, 3.63) is 29.8 Å². The molecule has 1 aliphatic rings. The summed E-state index contributed by atoms with van der Waals surface area (Å²) in [6.07, 6.45) is 0.786. The Balaban J connectivity index is 0.00000200. The minimum absolute atomic E-state index is 0. The lowest BCUT2D eigenvalue weighted by molar-refractivity contribution is 0.141. The quantitative estimate of drug-likeness (QED) is 0.841. The average Bonchev–Trinajstić information content (AvgIpc) is 2.47. The Labute approximate surface area is 127 Å². The van der Waals surface area contributed by atoms with Crippen molar-refractivity contribution in [2.24, 2.45) is 0 Å². The number of nitrogens with one attached hydrogen (secondary N) is 1. The van der Waals surface area contributed by atoms with Gasteiger partial charge in [0.1, 0.15) is 5.75 Å². The largest absolute Gasteiger partial charge is 0.494 e. The molecule has 0 amide bonds. The highest BCUT2D eigenvalue weighted by atomic mass is 35.5. The zero-order valence-electron chi connectivity index (χ0n) is 12.0. The Morgan fingerprint density at radius 3 is 2.45 bits per heavy atom. The molecule has 0 radical (unpaired) electrons. The van der Waals surface area contributed by atoms with Crippen LogP contribution in [0.2, 0.25) is 0 Å². The fraction of sp³-hybridized carbons (Fsp3) is 0.600. The van der Waals surface area contributed by atoms with Gasteiger partial charge < -0.3 is 15.2 Å². The molecule has 0 saturated carbocycles. The standard InChI is InChI=1S/C15H24N2O2.ClH/c1-2-19-14-5-3-13(4-6-14)15(7-12-18)17-10-8-16-9-11-17;/h3-6,15-16,18H,2,7-12H2,1H3;1H/t15-;/m0./s1. The molecule has 0 aliphatic carbocycles. The number of rotatable bonds is 6. The zero-order chi connectivity index (χ0) is 13.5. The van der Waals surface area contributed by atoms with Crippen LogP contribution in [0.5, 0.6) is 5.75 Å². The number of halogens is 1. The maximum absolute atomic E-state index is 9.30. The Morgan fingerprint density at radius 1 is 1.25 bits per heavy atom. The van der Waals surface area contributed by atoms with Crippen molar-refractivity contribution in [1.82, 2.24) is 10.2 Å². The number of aliphatic hydroxyl groups excluding tert-OH is 1. The summed E-state index contributed by atoms with van der Waals surface area (Å²) in [5, 5.41) is 12.7. The van der Waals surface area contributed by atoms with E-state index in [9.17, 15) is 5.11 Å². The van der Waals surface area contributed by atoms with Crippen LogP contribution in [0, 0.1) is 0 Å². The first-order valence-electron chi connectivity index (χ1n) is 7.13. The molecule has 1 saturated heterocycles. The summed E-state index contributed by atoms with van der Waals surface area (Å²) in [6, 6.07) is 8.58. The molecule has 20 heavy (non-hydrogen) atoms. The van der Waals surface area contributed by atoms with Crippen LogP contribution in [-0.4, -0.2) is 49.4 Å². The van der Waals surface area contributed by atoms with Crippen LogP contribution < -0.4 is 10.1 Å². The summed E-state index contributed by atoms with van der Waals surface area (Å²) in [5.74, 6) is 0.911. The van der Waals surface area contributed by atoms with Crippen LogP contribution in [-0.2, 0) is 0 Å². The second-order valence-corrected chi connectivity index (χ2v) is 4.82. The highest BCUT2D eigenvalue weighted by Gasteiger charge is 2.21. The van der Waals surface area contributed by atoms with Gasteiger partial charge in [-0.05, 0) is 31.0 Å². The number of aliphatic hydroxyl groups is 1. The van der Waals surface area contributed by atoms with Gasteiger partial charge in [-0.15, -0.1) is 12.4 Å². The smallest absolute Gasteiger partial charge is 0.119 e. The molecular formula is C15H25ClN2O2. The fourth-order valence-corrected chi connectivity index (χ4v) is 2.63. The highest BCUT2D eigenvalue weighted by Crippen LogP contribution is 2.26. The molecule has 2 rings (SSSR count). The summed E-state index contributed by atoms with van der Waals surface area (Å²) in [4.78, 5) is 2.45. The minimum Gasteiger partial charge on any atom is -0.494 e. The zero-order valence-corrected chi connectivity index (χ0v) is 12.9. The molecule has 0 unspecified atom stereocenters. The van der Waals surface area contributed by atoms with Gasteiger partial charge in [-0.25, -0.2) is 0 Å². The van der Waals surface area contributed by atoms with Gasteiger partial charge in [0.25, 0.3) is 0 Å². The van der Waals surface area contributed by atoms with E-state index in [1.165, 1.54) is 5.56 Å².